The topological polar surface area (TPSA) is 76.7 Å². The monoisotopic (exact) mass is 285 g/mol. The average Bonchev–Trinajstić information content (AvgIpc) is 2.91. The minimum atomic E-state index is 0.282. The number of aromatic nitrogens is 3. The van der Waals surface area contributed by atoms with E-state index in [9.17, 15) is 0 Å². The zero-order valence-electron chi connectivity index (χ0n) is 11.1. The van der Waals surface area contributed by atoms with Crippen LogP contribution < -0.4 is 11.1 Å². The van der Waals surface area contributed by atoms with Crippen molar-refractivity contribution in [3.63, 3.8) is 0 Å². The molecule has 0 aliphatic rings. The summed E-state index contributed by atoms with van der Waals surface area (Å²) in [6.45, 7) is 2.14. The van der Waals surface area contributed by atoms with Gasteiger partial charge in [0.25, 0.3) is 0 Å². The Bertz CT molecular complexity index is 711. The molecule has 3 heterocycles. The molecule has 102 valence electrons. The van der Waals surface area contributed by atoms with Crippen molar-refractivity contribution in [3.05, 3.63) is 40.8 Å². The van der Waals surface area contributed by atoms with Crippen LogP contribution in [0.15, 0.2) is 36.0 Å². The highest BCUT2D eigenvalue weighted by Crippen LogP contribution is 2.20. The van der Waals surface area contributed by atoms with Crippen LogP contribution in [0.2, 0.25) is 0 Å². The lowest BCUT2D eigenvalue weighted by Crippen LogP contribution is -2.18. The van der Waals surface area contributed by atoms with Crippen molar-refractivity contribution in [1.82, 2.24) is 15.0 Å². The Morgan fingerprint density at radius 3 is 3.00 bits per heavy atom. The first-order valence-electron chi connectivity index (χ1n) is 6.38. The van der Waals surface area contributed by atoms with E-state index in [0.717, 1.165) is 17.6 Å². The van der Waals surface area contributed by atoms with Crippen LogP contribution in [0.3, 0.4) is 0 Å². The van der Waals surface area contributed by atoms with Crippen molar-refractivity contribution in [2.75, 3.05) is 11.1 Å². The van der Waals surface area contributed by atoms with Crippen molar-refractivity contribution in [1.29, 1.82) is 0 Å². The molecule has 0 bridgehead atoms. The maximum absolute atomic E-state index is 5.67. The molecule has 0 saturated heterocycles. The van der Waals surface area contributed by atoms with E-state index in [1.165, 1.54) is 11.2 Å². The highest BCUT2D eigenvalue weighted by Gasteiger charge is 2.09. The fourth-order valence-electron chi connectivity index (χ4n) is 2.09. The number of nitrogens with one attached hydrogen (secondary N) is 1. The second-order valence-corrected chi connectivity index (χ2v) is 5.69. The first kappa shape index (κ1) is 12.8. The molecule has 0 radical (unpaired) electrons. The van der Waals surface area contributed by atoms with E-state index in [4.69, 9.17) is 5.73 Å². The van der Waals surface area contributed by atoms with E-state index in [-0.39, 0.29) is 6.04 Å². The van der Waals surface area contributed by atoms with Crippen molar-refractivity contribution >= 4 is 34.0 Å². The van der Waals surface area contributed by atoms with Crippen LogP contribution in [-0.2, 0) is 6.42 Å². The summed E-state index contributed by atoms with van der Waals surface area (Å²) in [5, 5.41) is 6.40. The third-order valence-electron chi connectivity index (χ3n) is 2.99. The number of thiophene rings is 1. The predicted octanol–water partition coefficient (Wildman–Crippen LogP) is 2.71. The fourth-order valence-corrected chi connectivity index (χ4v) is 2.92. The molecule has 3 N–H and O–H groups in total. The third kappa shape index (κ3) is 2.70. The summed E-state index contributed by atoms with van der Waals surface area (Å²) in [4.78, 5) is 14.0. The third-order valence-corrected chi connectivity index (χ3v) is 3.89. The molecule has 0 aromatic carbocycles. The van der Waals surface area contributed by atoms with Gasteiger partial charge in [0.2, 0.25) is 0 Å². The molecular formula is C14H15N5S. The van der Waals surface area contributed by atoms with Gasteiger partial charge in [0, 0.05) is 17.3 Å². The molecule has 6 heteroatoms. The maximum atomic E-state index is 5.67. The van der Waals surface area contributed by atoms with Crippen LogP contribution in [-0.4, -0.2) is 21.0 Å². The summed E-state index contributed by atoms with van der Waals surface area (Å²) >= 11 is 1.77. The fraction of sp³-hybridized carbons (Fsp3) is 0.214. The molecule has 3 rings (SSSR count). The number of nitrogens with zero attached hydrogens (tertiary/aromatic N) is 3. The van der Waals surface area contributed by atoms with Crippen molar-refractivity contribution in [2.24, 2.45) is 0 Å². The highest BCUT2D eigenvalue weighted by atomic mass is 32.1. The van der Waals surface area contributed by atoms with Crippen molar-refractivity contribution in [2.45, 2.75) is 19.4 Å². The summed E-state index contributed by atoms with van der Waals surface area (Å²) in [5.41, 5.74) is 6.29. The number of hydrogen-bond donors (Lipinski definition) is 2. The Hall–Kier alpha value is -2.21. The lowest BCUT2D eigenvalue weighted by Gasteiger charge is -2.14. The standard InChI is InChI=1S/C14H15N5S/c1-9(7-10-3-2-6-20-10)18-13-11-4-5-12(15)19-14(11)17-8-16-13/h2-6,8-9H,7H2,1H3,(H3,15,16,17,18,19). The van der Waals surface area contributed by atoms with Gasteiger partial charge in [0.05, 0.1) is 5.39 Å². The van der Waals surface area contributed by atoms with E-state index in [0.29, 0.717) is 11.5 Å². The molecule has 0 saturated carbocycles. The second-order valence-electron chi connectivity index (χ2n) is 4.66. The molecule has 0 amide bonds. The number of nitrogen functional groups attached to an aromatic ring is 1. The van der Waals surface area contributed by atoms with Crippen LogP contribution in [0.5, 0.6) is 0 Å². The van der Waals surface area contributed by atoms with Gasteiger partial charge in [-0.2, -0.15) is 0 Å². The predicted molar refractivity (Wildman–Crippen MR) is 82.9 cm³/mol. The quantitative estimate of drug-likeness (QED) is 0.770. The molecule has 5 nitrogen and oxygen atoms in total. The van der Waals surface area contributed by atoms with Crippen molar-refractivity contribution < 1.29 is 0 Å². The Morgan fingerprint density at radius 1 is 1.30 bits per heavy atom. The van der Waals surface area contributed by atoms with Gasteiger partial charge in [0.15, 0.2) is 5.65 Å². The van der Waals surface area contributed by atoms with Crippen molar-refractivity contribution in [3.8, 4) is 0 Å². The van der Waals surface area contributed by atoms with Gasteiger partial charge >= 0.3 is 0 Å². The zero-order chi connectivity index (χ0) is 13.9. The van der Waals surface area contributed by atoms with Gasteiger partial charge < -0.3 is 11.1 Å². The maximum Gasteiger partial charge on any atom is 0.166 e. The normalized spacial score (nSPS) is 12.4. The lowest BCUT2D eigenvalue weighted by molar-refractivity contribution is 0.795. The Morgan fingerprint density at radius 2 is 2.20 bits per heavy atom. The summed E-state index contributed by atoms with van der Waals surface area (Å²) in [5.74, 6) is 1.26. The largest absolute Gasteiger partial charge is 0.384 e. The van der Waals surface area contributed by atoms with Crippen LogP contribution in [0.4, 0.5) is 11.6 Å². The van der Waals surface area contributed by atoms with Crippen LogP contribution in [0.25, 0.3) is 11.0 Å². The first-order valence-corrected chi connectivity index (χ1v) is 7.26. The summed E-state index contributed by atoms with van der Waals surface area (Å²) in [6.07, 6.45) is 2.47. The molecule has 3 aromatic rings. The average molecular weight is 285 g/mol. The van der Waals surface area contributed by atoms with E-state index in [1.807, 2.05) is 6.07 Å². The lowest BCUT2D eigenvalue weighted by atomic mass is 10.2. The molecule has 3 aromatic heterocycles. The van der Waals surface area contributed by atoms with Gasteiger partial charge in [-0.15, -0.1) is 11.3 Å². The number of nitrogens with two attached hydrogens (primary N) is 1. The minimum Gasteiger partial charge on any atom is -0.384 e. The van der Waals surface area contributed by atoms with E-state index >= 15 is 0 Å². The molecule has 0 aliphatic heterocycles. The number of rotatable bonds is 4. The molecule has 20 heavy (non-hydrogen) atoms. The number of anilines is 2. The zero-order valence-corrected chi connectivity index (χ0v) is 11.9. The van der Waals surface area contributed by atoms with E-state index in [2.05, 4.69) is 44.7 Å². The Balaban J connectivity index is 1.83. The Kier molecular flexibility index (Phi) is 3.47. The van der Waals surface area contributed by atoms with Crippen LogP contribution >= 0.6 is 11.3 Å². The van der Waals surface area contributed by atoms with E-state index < -0.39 is 0 Å². The van der Waals surface area contributed by atoms with Gasteiger partial charge in [0.1, 0.15) is 18.0 Å². The van der Waals surface area contributed by atoms with Gasteiger partial charge in [-0.3, -0.25) is 0 Å². The molecule has 0 aliphatic carbocycles. The summed E-state index contributed by atoms with van der Waals surface area (Å²) < 4.78 is 0. The molecule has 1 unspecified atom stereocenters. The van der Waals surface area contributed by atoms with Gasteiger partial charge in [-0.05, 0) is 30.5 Å². The molecular weight excluding hydrogens is 270 g/mol. The smallest absolute Gasteiger partial charge is 0.166 e. The minimum absolute atomic E-state index is 0.282. The van der Waals surface area contributed by atoms with Gasteiger partial charge in [-0.25, -0.2) is 15.0 Å². The number of pyridine rings is 1. The highest BCUT2D eigenvalue weighted by molar-refractivity contribution is 7.09. The molecule has 0 spiro atoms. The Labute approximate surface area is 120 Å². The van der Waals surface area contributed by atoms with Crippen LogP contribution in [0, 0.1) is 0 Å². The number of hydrogen-bond acceptors (Lipinski definition) is 6. The summed E-state index contributed by atoms with van der Waals surface area (Å²) in [7, 11) is 0. The molecule has 0 fully saturated rings. The molecule has 1 atom stereocenters. The second kappa shape index (κ2) is 5.42. The van der Waals surface area contributed by atoms with E-state index in [1.54, 1.807) is 17.4 Å². The van der Waals surface area contributed by atoms with Crippen LogP contribution in [0.1, 0.15) is 11.8 Å². The number of fused-ring (bicyclic) bond motifs is 1. The SMILES string of the molecule is CC(Cc1cccs1)Nc1ncnc2nc(N)ccc12. The van der Waals surface area contributed by atoms with Gasteiger partial charge in [-0.1, -0.05) is 6.07 Å². The first-order chi connectivity index (χ1) is 9.72. The summed E-state index contributed by atoms with van der Waals surface area (Å²) in [6, 6.07) is 8.16.